The number of primary amides is 1. The summed E-state index contributed by atoms with van der Waals surface area (Å²) in [6, 6.07) is 10.1. The average Bonchev–Trinajstić information content (AvgIpc) is 2.68. The molecule has 5 N–H and O–H groups in total. The molecule has 11 heteroatoms. The van der Waals surface area contributed by atoms with Gasteiger partial charge in [-0.25, -0.2) is 4.79 Å². The van der Waals surface area contributed by atoms with Crippen LogP contribution in [0.4, 0.5) is 11.4 Å². The smallest absolute Gasteiger partial charge is 0.336 e. The second kappa shape index (κ2) is 10.9. The molecule has 0 fully saturated rings. The Balaban J connectivity index is 0.000000325. The van der Waals surface area contributed by atoms with E-state index in [2.05, 4.69) is 5.32 Å². The zero-order valence-electron chi connectivity index (χ0n) is 15.8. The van der Waals surface area contributed by atoms with Crippen LogP contribution in [0.2, 0.25) is 0 Å². The molecule has 2 amide bonds. The van der Waals surface area contributed by atoms with Gasteiger partial charge >= 0.3 is 11.9 Å². The summed E-state index contributed by atoms with van der Waals surface area (Å²) in [4.78, 5) is 53.0. The fraction of sp³-hybridized carbons (Fsp3) is 0.158. The number of nitro benzene ring substituents is 1. The molecule has 0 aliphatic rings. The number of nitro groups is 1. The van der Waals surface area contributed by atoms with Crippen molar-refractivity contribution in [1.82, 2.24) is 0 Å². The summed E-state index contributed by atoms with van der Waals surface area (Å²) in [6.45, 7) is 1.59. The lowest BCUT2D eigenvalue weighted by atomic mass is 10.1. The number of nitrogens with one attached hydrogen (secondary N) is 1. The van der Waals surface area contributed by atoms with Crippen LogP contribution >= 0.6 is 0 Å². The van der Waals surface area contributed by atoms with Crippen LogP contribution in [0, 0.1) is 17.0 Å². The number of hydrogen-bond acceptors (Lipinski definition) is 6. The fourth-order valence-corrected chi connectivity index (χ4v) is 2.21. The zero-order chi connectivity index (χ0) is 22.8. The molecular weight excluding hydrogens is 398 g/mol. The van der Waals surface area contributed by atoms with Crippen molar-refractivity contribution >= 4 is 35.1 Å². The van der Waals surface area contributed by atoms with Gasteiger partial charge in [0.2, 0.25) is 11.8 Å². The topological polar surface area (TPSA) is 190 Å². The number of nitrogens with zero attached hydrogens (tertiary/aromatic N) is 1. The minimum atomic E-state index is -1.15. The van der Waals surface area contributed by atoms with Crippen molar-refractivity contribution in [1.29, 1.82) is 0 Å². The van der Waals surface area contributed by atoms with Gasteiger partial charge in [-0.3, -0.25) is 24.5 Å². The molecular formula is C19H19N3O8. The lowest BCUT2D eigenvalue weighted by Crippen LogP contribution is -2.15. The minimum Gasteiger partial charge on any atom is -0.481 e. The summed E-state index contributed by atoms with van der Waals surface area (Å²) in [7, 11) is 0. The molecule has 11 nitrogen and oxygen atoms in total. The van der Waals surface area contributed by atoms with Crippen LogP contribution in [0.5, 0.6) is 0 Å². The molecule has 30 heavy (non-hydrogen) atoms. The van der Waals surface area contributed by atoms with E-state index in [1.807, 2.05) is 0 Å². The van der Waals surface area contributed by atoms with E-state index in [0.29, 0.717) is 5.56 Å². The van der Waals surface area contributed by atoms with Gasteiger partial charge in [-0.15, -0.1) is 0 Å². The first-order chi connectivity index (χ1) is 14.0. The minimum absolute atomic E-state index is 0.0324. The maximum absolute atomic E-state index is 11.3. The molecule has 0 aromatic heterocycles. The van der Waals surface area contributed by atoms with Gasteiger partial charge in [0, 0.05) is 23.7 Å². The van der Waals surface area contributed by atoms with Crippen molar-refractivity contribution in [2.45, 2.75) is 19.8 Å². The van der Waals surface area contributed by atoms with Gasteiger partial charge in [-0.05, 0) is 25.1 Å². The predicted octanol–water partition coefficient (Wildman–Crippen LogP) is 2.19. The molecule has 0 atom stereocenters. The number of aliphatic carboxylic acids is 1. The number of anilines is 1. The number of carboxylic acids is 2. The summed E-state index contributed by atoms with van der Waals surface area (Å²) in [5.41, 5.74) is 5.60. The highest BCUT2D eigenvalue weighted by Gasteiger charge is 2.13. The number of rotatable bonds is 7. The molecule has 0 aliphatic carbocycles. The van der Waals surface area contributed by atoms with Crippen LogP contribution in [0.3, 0.4) is 0 Å². The standard InChI is InChI=1S/C11H12N2O5.C8H7NO3/c1-7-2-3-8(6-9(7)13(17)18)12-10(14)4-5-11(15)16;9-7(10)5-3-1-2-4-6(5)8(11)12/h2-3,6H,4-5H2,1H3,(H,12,14)(H,15,16);1-4H,(H2,9,10)(H,11,12). The second-order valence-corrected chi connectivity index (χ2v) is 5.92. The van der Waals surface area contributed by atoms with E-state index in [0.717, 1.165) is 0 Å². The molecule has 2 rings (SSSR count). The Labute approximate surface area is 170 Å². The van der Waals surface area contributed by atoms with Crippen molar-refractivity contribution in [2.75, 3.05) is 5.32 Å². The Kier molecular flexibility index (Phi) is 8.63. The molecule has 2 aromatic rings. The number of carbonyl (C=O) groups is 4. The molecule has 0 spiro atoms. The summed E-state index contributed by atoms with van der Waals surface area (Å²) in [5, 5.41) is 30.1. The molecule has 2 aromatic carbocycles. The molecule has 0 heterocycles. The first-order valence-corrected chi connectivity index (χ1v) is 8.41. The highest BCUT2D eigenvalue weighted by molar-refractivity contribution is 6.04. The van der Waals surface area contributed by atoms with Gasteiger partial charge in [0.25, 0.3) is 5.69 Å². The number of aryl methyl sites for hydroxylation is 1. The fourth-order valence-electron chi connectivity index (χ4n) is 2.21. The number of carbonyl (C=O) groups excluding carboxylic acids is 2. The number of hydrogen-bond donors (Lipinski definition) is 4. The van der Waals surface area contributed by atoms with Crippen LogP contribution in [0.25, 0.3) is 0 Å². The Hall–Kier alpha value is -4.28. The molecule has 0 aliphatic heterocycles. The summed E-state index contributed by atoms with van der Waals surface area (Å²) >= 11 is 0. The van der Waals surface area contributed by atoms with Crippen LogP contribution in [-0.2, 0) is 9.59 Å². The van der Waals surface area contributed by atoms with Gasteiger partial charge in [0.05, 0.1) is 22.5 Å². The molecule has 0 unspecified atom stereocenters. The molecule has 0 bridgehead atoms. The Morgan fingerprint density at radius 1 is 1.03 bits per heavy atom. The van der Waals surface area contributed by atoms with E-state index < -0.39 is 28.7 Å². The third-order valence-electron chi connectivity index (χ3n) is 3.68. The average molecular weight is 417 g/mol. The molecule has 0 saturated carbocycles. The van der Waals surface area contributed by atoms with E-state index in [1.165, 1.54) is 36.4 Å². The van der Waals surface area contributed by atoms with Gasteiger partial charge in [-0.1, -0.05) is 18.2 Å². The Bertz CT molecular complexity index is 954. The predicted molar refractivity (Wildman–Crippen MR) is 105 cm³/mol. The van der Waals surface area contributed by atoms with Crippen molar-refractivity contribution < 1.29 is 34.3 Å². The monoisotopic (exact) mass is 417 g/mol. The van der Waals surface area contributed by atoms with E-state index in [1.54, 1.807) is 13.0 Å². The summed E-state index contributed by atoms with van der Waals surface area (Å²) < 4.78 is 0. The van der Waals surface area contributed by atoms with Crippen LogP contribution < -0.4 is 11.1 Å². The molecule has 0 radical (unpaired) electrons. The highest BCUT2D eigenvalue weighted by Crippen LogP contribution is 2.22. The van der Waals surface area contributed by atoms with Crippen molar-refractivity contribution in [2.24, 2.45) is 5.73 Å². The number of nitrogens with two attached hydrogens (primary N) is 1. The first kappa shape index (κ1) is 23.8. The van der Waals surface area contributed by atoms with E-state index in [4.69, 9.17) is 15.9 Å². The third kappa shape index (κ3) is 7.38. The van der Waals surface area contributed by atoms with Gasteiger partial charge in [-0.2, -0.15) is 0 Å². The first-order valence-electron chi connectivity index (χ1n) is 8.41. The summed E-state index contributed by atoms with van der Waals surface area (Å²) in [5.74, 6) is -3.44. The number of aromatic carboxylic acids is 1. The lowest BCUT2D eigenvalue weighted by Gasteiger charge is -2.05. The largest absolute Gasteiger partial charge is 0.481 e. The summed E-state index contributed by atoms with van der Waals surface area (Å²) in [6.07, 6.45) is -0.448. The zero-order valence-corrected chi connectivity index (χ0v) is 15.8. The van der Waals surface area contributed by atoms with E-state index in [9.17, 15) is 29.3 Å². The lowest BCUT2D eigenvalue weighted by molar-refractivity contribution is -0.385. The van der Waals surface area contributed by atoms with Gasteiger partial charge in [0.1, 0.15) is 0 Å². The Morgan fingerprint density at radius 2 is 1.63 bits per heavy atom. The Morgan fingerprint density at radius 3 is 2.10 bits per heavy atom. The quantitative estimate of drug-likeness (QED) is 0.389. The second-order valence-electron chi connectivity index (χ2n) is 5.92. The normalized spacial score (nSPS) is 9.63. The maximum Gasteiger partial charge on any atom is 0.336 e. The van der Waals surface area contributed by atoms with Crippen LogP contribution in [0.1, 0.15) is 39.1 Å². The maximum atomic E-state index is 11.3. The van der Waals surface area contributed by atoms with E-state index in [-0.39, 0.29) is 35.3 Å². The third-order valence-corrected chi connectivity index (χ3v) is 3.68. The SMILES string of the molecule is Cc1ccc(NC(=O)CCC(=O)O)cc1[N+](=O)[O-].NC(=O)c1ccccc1C(=O)O. The highest BCUT2D eigenvalue weighted by atomic mass is 16.6. The molecule has 0 saturated heterocycles. The van der Waals surface area contributed by atoms with Crippen molar-refractivity contribution in [3.05, 3.63) is 69.3 Å². The number of benzene rings is 2. The molecule has 158 valence electrons. The van der Waals surface area contributed by atoms with Crippen LogP contribution in [0.15, 0.2) is 42.5 Å². The number of amides is 2. The van der Waals surface area contributed by atoms with E-state index >= 15 is 0 Å². The van der Waals surface area contributed by atoms with Crippen LogP contribution in [-0.4, -0.2) is 38.9 Å². The van der Waals surface area contributed by atoms with Crippen molar-refractivity contribution in [3.63, 3.8) is 0 Å². The van der Waals surface area contributed by atoms with Gasteiger partial charge in [0.15, 0.2) is 0 Å². The van der Waals surface area contributed by atoms with Gasteiger partial charge < -0.3 is 21.3 Å². The van der Waals surface area contributed by atoms with Crippen molar-refractivity contribution in [3.8, 4) is 0 Å². The number of carboxylic acid groups (broad SMARTS) is 2.